The lowest BCUT2D eigenvalue weighted by Crippen LogP contribution is -2.50. The van der Waals surface area contributed by atoms with Crippen LogP contribution in [0.5, 0.6) is 0 Å². The maximum Gasteiger partial charge on any atom is 0.292 e. The number of hydrogen-bond donors (Lipinski definition) is 1. The van der Waals surface area contributed by atoms with Crippen molar-refractivity contribution in [3.05, 3.63) is 82.4 Å². The van der Waals surface area contributed by atoms with Crippen LogP contribution in [0.2, 0.25) is 0 Å². The van der Waals surface area contributed by atoms with Crippen LogP contribution in [0.3, 0.4) is 0 Å². The standard InChI is InChI=1S/C23H22N4O4/c28-22(24-20-10-3-4-11-21(20)27(30)31)16-25-12-14-26(15-13-25)23(29)19-9-5-7-17-6-1-2-8-18(17)19/h1-11H,12-16H2,(H,24,28). The van der Waals surface area contributed by atoms with E-state index in [1.807, 2.05) is 47.4 Å². The average Bonchev–Trinajstić information content (AvgIpc) is 2.79. The van der Waals surface area contributed by atoms with Gasteiger partial charge in [0, 0.05) is 37.8 Å². The molecule has 0 radical (unpaired) electrons. The molecule has 0 saturated carbocycles. The van der Waals surface area contributed by atoms with Gasteiger partial charge in [-0.15, -0.1) is 0 Å². The lowest BCUT2D eigenvalue weighted by molar-refractivity contribution is -0.383. The zero-order valence-electron chi connectivity index (χ0n) is 16.9. The number of nitro benzene ring substituents is 1. The molecule has 31 heavy (non-hydrogen) atoms. The van der Waals surface area contributed by atoms with E-state index in [0.717, 1.165) is 10.8 Å². The van der Waals surface area contributed by atoms with Gasteiger partial charge >= 0.3 is 0 Å². The van der Waals surface area contributed by atoms with E-state index in [-0.39, 0.29) is 29.7 Å². The lowest BCUT2D eigenvalue weighted by atomic mass is 10.0. The minimum Gasteiger partial charge on any atom is -0.336 e. The first-order valence-electron chi connectivity index (χ1n) is 10.1. The summed E-state index contributed by atoms with van der Waals surface area (Å²) in [5.41, 5.74) is 0.726. The second-order valence-electron chi connectivity index (χ2n) is 7.42. The normalized spacial score (nSPS) is 14.4. The van der Waals surface area contributed by atoms with Gasteiger partial charge in [-0.3, -0.25) is 24.6 Å². The molecule has 0 bridgehead atoms. The van der Waals surface area contributed by atoms with Crippen molar-refractivity contribution in [3.63, 3.8) is 0 Å². The summed E-state index contributed by atoms with van der Waals surface area (Å²) in [5, 5.41) is 15.7. The molecule has 1 saturated heterocycles. The van der Waals surface area contributed by atoms with Crippen LogP contribution in [0.25, 0.3) is 10.8 Å². The third-order valence-electron chi connectivity index (χ3n) is 5.42. The van der Waals surface area contributed by atoms with Gasteiger partial charge in [-0.2, -0.15) is 0 Å². The summed E-state index contributed by atoms with van der Waals surface area (Å²) in [6.07, 6.45) is 0. The van der Waals surface area contributed by atoms with Crippen molar-refractivity contribution in [2.75, 3.05) is 38.0 Å². The molecule has 0 aromatic heterocycles. The smallest absolute Gasteiger partial charge is 0.292 e. The molecule has 8 nitrogen and oxygen atoms in total. The van der Waals surface area contributed by atoms with Crippen LogP contribution < -0.4 is 5.32 Å². The maximum absolute atomic E-state index is 13.0. The highest BCUT2D eigenvalue weighted by atomic mass is 16.6. The zero-order valence-corrected chi connectivity index (χ0v) is 16.9. The zero-order chi connectivity index (χ0) is 21.8. The fourth-order valence-electron chi connectivity index (χ4n) is 3.82. The Kier molecular flexibility index (Phi) is 5.90. The van der Waals surface area contributed by atoms with Gasteiger partial charge in [-0.05, 0) is 22.9 Å². The summed E-state index contributed by atoms with van der Waals surface area (Å²) in [5.74, 6) is -0.330. The van der Waals surface area contributed by atoms with E-state index >= 15 is 0 Å². The molecule has 1 aliphatic rings. The first-order chi connectivity index (χ1) is 15.0. The van der Waals surface area contributed by atoms with E-state index in [0.29, 0.717) is 31.7 Å². The molecule has 158 valence electrons. The van der Waals surface area contributed by atoms with Crippen LogP contribution in [-0.4, -0.2) is 59.3 Å². The Bertz CT molecular complexity index is 1130. The Labute approximate surface area is 179 Å². The van der Waals surface area contributed by atoms with Crippen LogP contribution >= 0.6 is 0 Å². The Morgan fingerprint density at radius 3 is 2.35 bits per heavy atom. The Balaban J connectivity index is 1.35. The summed E-state index contributed by atoms with van der Waals surface area (Å²) in [6.45, 7) is 2.26. The lowest BCUT2D eigenvalue weighted by Gasteiger charge is -2.34. The second-order valence-corrected chi connectivity index (χ2v) is 7.42. The van der Waals surface area contributed by atoms with Gasteiger partial charge in [-0.1, -0.05) is 48.5 Å². The van der Waals surface area contributed by atoms with Crippen molar-refractivity contribution in [3.8, 4) is 0 Å². The Morgan fingerprint density at radius 1 is 0.903 bits per heavy atom. The fraction of sp³-hybridized carbons (Fsp3) is 0.217. The van der Waals surface area contributed by atoms with E-state index in [1.165, 1.54) is 12.1 Å². The van der Waals surface area contributed by atoms with Crippen molar-refractivity contribution < 1.29 is 14.5 Å². The van der Waals surface area contributed by atoms with Crippen LogP contribution in [0.15, 0.2) is 66.7 Å². The van der Waals surface area contributed by atoms with Crippen LogP contribution in [0, 0.1) is 10.1 Å². The molecular formula is C23H22N4O4. The molecule has 3 aromatic carbocycles. The topological polar surface area (TPSA) is 95.8 Å². The van der Waals surface area contributed by atoms with Crippen molar-refractivity contribution in [1.29, 1.82) is 0 Å². The predicted molar refractivity (Wildman–Crippen MR) is 118 cm³/mol. The molecule has 4 rings (SSSR count). The first kappa shape index (κ1) is 20.5. The molecule has 1 heterocycles. The summed E-state index contributed by atoms with van der Waals surface area (Å²) < 4.78 is 0. The first-order valence-corrected chi connectivity index (χ1v) is 10.1. The van der Waals surface area contributed by atoms with Crippen molar-refractivity contribution >= 4 is 34.0 Å². The number of para-hydroxylation sites is 2. The van der Waals surface area contributed by atoms with E-state index in [2.05, 4.69) is 5.32 Å². The summed E-state index contributed by atoms with van der Waals surface area (Å²) in [4.78, 5) is 39.8. The molecule has 1 fully saturated rings. The highest BCUT2D eigenvalue weighted by molar-refractivity contribution is 6.07. The largest absolute Gasteiger partial charge is 0.336 e. The summed E-state index contributed by atoms with van der Waals surface area (Å²) in [7, 11) is 0. The molecular weight excluding hydrogens is 396 g/mol. The number of nitrogens with zero attached hydrogens (tertiary/aromatic N) is 3. The van der Waals surface area contributed by atoms with E-state index in [1.54, 1.807) is 17.0 Å². The van der Waals surface area contributed by atoms with Gasteiger partial charge in [0.2, 0.25) is 5.91 Å². The molecule has 0 aliphatic carbocycles. The highest BCUT2D eigenvalue weighted by Crippen LogP contribution is 2.23. The molecule has 1 aliphatic heterocycles. The predicted octanol–water partition coefficient (Wildman–Crippen LogP) is 3.14. The number of anilines is 1. The number of fused-ring (bicyclic) bond motifs is 1. The minimum absolute atomic E-state index is 0.0131. The van der Waals surface area contributed by atoms with Gasteiger partial charge in [0.15, 0.2) is 0 Å². The van der Waals surface area contributed by atoms with Crippen LogP contribution in [0.4, 0.5) is 11.4 Å². The molecule has 0 spiro atoms. The number of hydrogen-bond acceptors (Lipinski definition) is 5. The minimum atomic E-state index is -0.521. The number of benzene rings is 3. The maximum atomic E-state index is 13.0. The second kappa shape index (κ2) is 8.93. The molecule has 8 heteroatoms. The van der Waals surface area contributed by atoms with E-state index < -0.39 is 4.92 Å². The molecule has 0 atom stereocenters. The van der Waals surface area contributed by atoms with E-state index in [4.69, 9.17) is 0 Å². The quantitative estimate of drug-likeness (QED) is 0.507. The monoisotopic (exact) mass is 418 g/mol. The number of piperazine rings is 1. The van der Waals surface area contributed by atoms with Crippen LogP contribution in [-0.2, 0) is 4.79 Å². The summed E-state index contributed by atoms with van der Waals surface area (Å²) >= 11 is 0. The van der Waals surface area contributed by atoms with Crippen molar-refractivity contribution in [2.24, 2.45) is 0 Å². The van der Waals surface area contributed by atoms with Gasteiger partial charge in [0.1, 0.15) is 5.69 Å². The number of carbonyl (C=O) groups is 2. The SMILES string of the molecule is O=C(CN1CCN(C(=O)c2cccc3ccccc23)CC1)Nc1ccccc1[N+](=O)[O-]. The van der Waals surface area contributed by atoms with Gasteiger partial charge in [0.05, 0.1) is 11.5 Å². The molecule has 0 unspecified atom stereocenters. The van der Waals surface area contributed by atoms with Gasteiger partial charge < -0.3 is 10.2 Å². The third-order valence-corrected chi connectivity index (χ3v) is 5.42. The number of amides is 2. The van der Waals surface area contributed by atoms with Gasteiger partial charge in [0.25, 0.3) is 11.6 Å². The fourth-order valence-corrected chi connectivity index (χ4v) is 3.82. The molecule has 2 amide bonds. The number of carbonyl (C=O) groups excluding carboxylic acids is 2. The third kappa shape index (κ3) is 4.54. The van der Waals surface area contributed by atoms with Crippen molar-refractivity contribution in [2.45, 2.75) is 0 Å². The van der Waals surface area contributed by atoms with Gasteiger partial charge in [-0.25, -0.2) is 0 Å². The number of nitro groups is 1. The van der Waals surface area contributed by atoms with E-state index in [9.17, 15) is 19.7 Å². The number of rotatable bonds is 5. The van der Waals surface area contributed by atoms with Crippen LogP contribution in [0.1, 0.15) is 10.4 Å². The summed E-state index contributed by atoms with van der Waals surface area (Å²) in [6, 6.07) is 19.6. The molecule has 3 aromatic rings. The Hall–Kier alpha value is -3.78. The molecule has 1 N–H and O–H groups in total. The average molecular weight is 418 g/mol. The Morgan fingerprint density at radius 2 is 1.58 bits per heavy atom. The number of nitrogens with one attached hydrogen (secondary N) is 1. The van der Waals surface area contributed by atoms with Crippen molar-refractivity contribution in [1.82, 2.24) is 9.80 Å². The highest BCUT2D eigenvalue weighted by Gasteiger charge is 2.25.